The highest BCUT2D eigenvalue weighted by Crippen LogP contribution is 2.20. The second kappa shape index (κ2) is 4.19. The molecule has 0 radical (unpaired) electrons. The summed E-state index contributed by atoms with van der Waals surface area (Å²) in [5, 5.41) is 9.00. The smallest absolute Gasteiger partial charge is 0.310 e. The highest BCUT2D eigenvalue weighted by Gasteiger charge is 2.31. The SMILES string of the molecule is CC(CN)(Cc1ccncc1)C(=O)O. The van der Waals surface area contributed by atoms with E-state index < -0.39 is 11.4 Å². The molecule has 0 aliphatic carbocycles. The van der Waals surface area contributed by atoms with E-state index in [0.29, 0.717) is 6.42 Å². The predicted octanol–water partition coefficient (Wildman–Crippen LogP) is 0.674. The maximum Gasteiger partial charge on any atom is 0.310 e. The molecule has 0 amide bonds. The molecular formula is C10H14N2O2. The van der Waals surface area contributed by atoms with Gasteiger partial charge < -0.3 is 10.8 Å². The molecule has 0 aliphatic rings. The average Bonchev–Trinajstić information content (AvgIpc) is 2.19. The van der Waals surface area contributed by atoms with Gasteiger partial charge in [-0.05, 0) is 31.0 Å². The van der Waals surface area contributed by atoms with Gasteiger partial charge in [0.25, 0.3) is 0 Å². The molecule has 0 saturated carbocycles. The van der Waals surface area contributed by atoms with Gasteiger partial charge in [-0.2, -0.15) is 0 Å². The van der Waals surface area contributed by atoms with Crippen LogP contribution in [0.4, 0.5) is 0 Å². The minimum atomic E-state index is -0.888. The van der Waals surface area contributed by atoms with E-state index in [4.69, 9.17) is 10.8 Å². The molecule has 4 nitrogen and oxygen atoms in total. The minimum Gasteiger partial charge on any atom is -0.481 e. The van der Waals surface area contributed by atoms with Crippen LogP contribution in [0.25, 0.3) is 0 Å². The van der Waals surface area contributed by atoms with Crippen LogP contribution in [0.5, 0.6) is 0 Å². The monoisotopic (exact) mass is 194 g/mol. The van der Waals surface area contributed by atoms with Crippen molar-refractivity contribution in [2.24, 2.45) is 11.1 Å². The molecule has 1 rings (SSSR count). The maximum absolute atomic E-state index is 11.0. The fourth-order valence-electron chi connectivity index (χ4n) is 1.19. The summed E-state index contributed by atoms with van der Waals surface area (Å²) in [7, 11) is 0. The Balaban J connectivity index is 2.81. The lowest BCUT2D eigenvalue weighted by Gasteiger charge is -2.22. The maximum atomic E-state index is 11.0. The fourth-order valence-corrected chi connectivity index (χ4v) is 1.19. The summed E-state index contributed by atoms with van der Waals surface area (Å²) in [6.07, 6.45) is 3.73. The summed E-state index contributed by atoms with van der Waals surface area (Å²) < 4.78 is 0. The van der Waals surface area contributed by atoms with Crippen LogP contribution >= 0.6 is 0 Å². The molecule has 0 aromatic carbocycles. The molecule has 0 saturated heterocycles. The number of carbonyl (C=O) groups is 1. The average molecular weight is 194 g/mol. The molecule has 14 heavy (non-hydrogen) atoms. The normalized spacial score (nSPS) is 14.7. The summed E-state index contributed by atoms with van der Waals surface area (Å²) in [6.45, 7) is 1.78. The van der Waals surface area contributed by atoms with Gasteiger partial charge in [0.2, 0.25) is 0 Å². The quantitative estimate of drug-likeness (QED) is 0.738. The first-order valence-electron chi connectivity index (χ1n) is 4.41. The highest BCUT2D eigenvalue weighted by molar-refractivity contribution is 5.74. The molecule has 76 valence electrons. The first-order chi connectivity index (χ1) is 6.58. The van der Waals surface area contributed by atoms with Gasteiger partial charge in [-0.3, -0.25) is 9.78 Å². The topological polar surface area (TPSA) is 76.2 Å². The van der Waals surface area contributed by atoms with E-state index in [1.807, 2.05) is 0 Å². The van der Waals surface area contributed by atoms with Gasteiger partial charge in [-0.1, -0.05) is 0 Å². The largest absolute Gasteiger partial charge is 0.481 e. The van der Waals surface area contributed by atoms with Crippen molar-refractivity contribution in [2.45, 2.75) is 13.3 Å². The van der Waals surface area contributed by atoms with Crippen molar-refractivity contribution in [1.82, 2.24) is 4.98 Å². The van der Waals surface area contributed by atoms with Crippen molar-refractivity contribution in [3.8, 4) is 0 Å². The Morgan fingerprint density at radius 3 is 2.57 bits per heavy atom. The van der Waals surface area contributed by atoms with Gasteiger partial charge in [-0.25, -0.2) is 0 Å². The Morgan fingerprint density at radius 2 is 2.14 bits per heavy atom. The lowest BCUT2D eigenvalue weighted by molar-refractivity contribution is -0.147. The molecule has 0 bridgehead atoms. The van der Waals surface area contributed by atoms with Crippen molar-refractivity contribution in [3.05, 3.63) is 30.1 Å². The van der Waals surface area contributed by atoms with Gasteiger partial charge >= 0.3 is 5.97 Å². The lowest BCUT2D eigenvalue weighted by Crippen LogP contribution is -2.37. The number of hydrogen-bond acceptors (Lipinski definition) is 3. The van der Waals surface area contributed by atoms with Crippen LogP contribution in [0.2, 0.25) is 0 Å². The van der Waals surface area contributed by atoms with E-state index in [0.717, 1.165) is 5.56 Å². The minimum absolute atomic E-state index is 0.130. The van der Waals surface area contributed by atoms with E-state index in [2.05, 4.69) is 4.98 Å². The standard InChI is InChI=1S/C10H14N2O2/c1-10(7-11,9(13)14)6-8-2-4-12-5-3-8/h2-5H,6-7,11H2,1H3,(H,13,14). The number of nitrogens with zero attached hydrogens (tertiary/aromatic N) is 1. The zero-order chi connectivity index (χ0) is 10.6. The molecule has 1 aromatic heterocycles. The van der Waals surface area contributed by atoms with E-state index in [1.54, 1.807) is 31.5 Å². The Labute approximate surface area is 82.8 Å². The molecule has 3 N–H and O–H groups in total. The molecule has 0 spiro atoms. The highest BCUT2D eigenvalue weighted by atomic mass is 16.4. The first kappa shape index (κ1) is 10.7. The third-order valence-electron chi connectivity index (χ3n) is 2.31. The molecule has 1 unspecified atom stereocenters. The number of carboxylic acids is 1. The van der Waals surface area contributed by atoms with Crippen LogP contribution < -0.4 is 5.73 Å². The lowest BCUT2D eigenvalue weighted by atomic mass is 9.84. The first-order valence-corrected chi connectivity index (χ1v) is 4.41. The summed E-state index contributed by atoms with van der Waals surface area (Å²) in [4.78, 5) is 14.8. The van der Waals surface area contributed by atoms with Gasteiger partial charge in [0.1, 0.15) is 0 Å². The Kier molecular flexibility index (Phi) is 3.19. The third kappa shape index (κ3) is 2.29. The van der Waals surface area contributed by atoms with Gasteiger partial charge in [0.15, 0.2) is 0 Å². The van der Waals surface area contributed by atoms with Crippen LogP contribution in [0.3, 0.4) is 0 Å². The van der Waals surface area contributed by atoms with Crippen LogP contribution in [-0.4, -0.2) is 22.6 Å². The number of carboxylic acid groups (broad SMARTS) is 1. The van der Waals surface area contributed by atoms with Crippen LogP contribution in [0.1, 0.15) is 12.5 Å². The van der Waals surface area contributed by atoms with E-state index >= 15 is 0 Å². The molecule has 0 aliphatic heterocycles. The number of aromatic nitrogens is 1. The van der Waals surface area contributed by atoms with Gasteiger partial charge in [0.05, 0.1) is 5.41 Å². The molecule has 1 heterocycles. The molecule has 1 atom stereocenters. The zero-order valence-corrected chi connectivity index (χ0v) is 8.10. The van der Waals surface area contributed by atoms with Crippen molar-refractivity contribution < 1.29 is 9.90 Å². The molecular weight excluding hydrogens is 180 g/mol. The second-order valence-electron chi connectivity index (χ2n) is 3.60. The van der Waals surface area contributed by atoms with Crippen molar-refractivity contribution in [1.29, 1.82) is 0 Å². The molecule has 4 heteroatoms. The van der Waals surface area contributed by atoms with Gasteiger partial charge in [0, 0.05) is 18.9 Å². The number of pyridine rings is 1. The van der Waals surface area contributed by atoms with Crippen molar-refractivity contribution in [3.63, 3.8) is 0 Å². The predicted molar refractivity (Wildman–Crippen MR) is 52.7 cm³/mol. The van der Waals surface area contributed by atoms with Crippen LogP contribution in [-0.2, 0) is 11.2 Å². The number of nitrogens with two attached hydrogens (primary N) is 1. The molecule has 1 aromatic rings. The third-order valence-corrected chi connectivity index (χ3v) is 2.31. The van der Waals surface area contributed by atoms with Crippen LogP contribution in [0.15, 0.2) is 24.5 Å². The van der Waals surface area contributed by atoms with E-state index in [1.165, 1.54) is 0 Å². The summed E-state index contributed by atoms with van der Waals surface area (Å²) >= 11 is 0. The Bertz CT molecular complexity index is 313. The summed E-state index contributed by atoms with van der Waals surface area (Å²) in [5.41, 5.74) is 5.51. The Morgan fingerprint density at radius 1 is 1.57 bits per heavy atom. The van der Waals surface area contributed by atoms with E-state index in [9.17, 15) is 4.79 Å². The van der Waals surface area contributed by atoms with Gasteiger partial charge in [-0.15, -0.1) is 0 Å². The molecule has 0 fully saturated rings. The fraction of sp³-hybridized carbons (Fsp3) is 0.400. The second-order valence-corrected chi connectivity index (χ2v) is 3.60. The Hall–Kier alpha value is -1.42. The number of aliphatic carboxylic acids is 1. The summed E-state index contributed by atoms with van der Waals surface area (Å²) in [6, 6.07) is 3.60. The van der Waals surface area contributed by atoms with Crippen molar-refractivity contribution in [2.75, 3.05) is 6.54 Å². The van der Waals surface area contributed by atoms with E-state index in [-0.39, 0.29) is 6.54 Å². The zero-order valence-electron chi connectivity index (χ0n) is 8.10. The van der Waals surface area contributed by atoms with Crippen LogP contribution in [0, 0.1) is 5.41 Å². The number of rotatable bonds is 4. The number of hydrogen-bond donors (Lipinski definition) is 2. The van der Waals surface area contributed by atoms with Crippen molar-refractivity contribution >= 4 is 5.97 Å². The summed E-state index contributed by atoms with van der Waals surface area (Å²) in [5.74, 6) is -0.864.